The fraction of sp³-hybridized carbons (Fsp3) is 0.389. The Labute approximate surface area is 145 Å². The number of fused-ring (bicyclic) bond motifs is 1. The lowest BCUT2D eigenvalue weighted by molar-refractivity contribution is 0.305. The van der Waals surface area contributed by atoms with E-state index in [1.54, 1.807) is 17.5 Å². The average Bonchev–Trinajstić information content (AvgIpc) is 3.11. The van der Waals surface area contributed by atoms with Crippen molar-refractivity contribution in [3.05, 3.63) is 41.5 Å². The third kappa shape index (κ3) is 3.12. The van der Waals surface area contributed by atoms with Gasteiger partial charge in [0.1, 0.15) is 0 Å². The number of hydrogen-bond donors (Lipinski definition) is 2. The third-order valence-corrected chi connectivity index (χ3v) is 5.59. The molecular weight excluding hydrogens is 318 g/mol. The van der Waals surface area contributed by atoms with E-state index in [1.807, 2.05) is 24.3 Å². The fourth-order valence-corrected chi connectivity index (χ4v) is 4.21. The first kappa shape index (κ1) is 15.5. The molecule has 0 saturated heterocycles. The molecule has 0 spiro atoms. The zero-order valence-corrected chi connectivity index (χ0v) is 14.3. The maximum absolute atomic E-state index is 6.46. The van der Waals surface area contributed by atoms with Gasteiger partial charge in [-0.05, 0) is 18.8 Å². The van der Waals surface area contributed by atoms with Crippen LogP contribution in [0.4, 0.5) is 10.9 Å². The minimum absolute atomic E-state index is 0.0377. The summed E-state index contributed by atoms with van der Waals surface area (Å²) in [5.74, 6) is 1.30. The van der Waals surface area contributed by atoms with E-state index in [2.05, 4.69) is 20.9 Å². The Hall–Kier alpha value is -2.05. The molecule has 4 rings (SSSR count). The van der Waals surface area contributed by atoms with Crippen LogP contribution in [0.2, 0.25) is 0 Å². The van der Waals surface area contributed by atoms with Crippen molar-refractivity contribution in [3.63, 3.8) is 0 Å². The van der Waals surface area contributed by atoms with Gasteiger partial charge in [-0.25, -0.2) is 4.98 Å². The number of rotatable bonds is 4. The molecule has 24 heavy (non-hydrogen) atoms. The second-order valence-corrected chi connectivity index (χ2v) is 7.26. The topological polar surface area (TPSA) is 76.7 Å². The first-order chi connectivity index (χ1) is 11.8. The van der Waals surface area contributed by atoms with Crippen LogP contribution in [0.5, 0.6) is 0 Å². The van der Waals surface area contributed by atoms with Gasteiger partial charge in [0.25, 0.3) is 0 Å². The number of nitrogens with zero attached hydrogens (tertiary/aromatic N) is 3. The molecule has 0 bridgehead atoms. The van der Waals surface area contributed by atoms with Crippen LogP contribution < -0.4 is 11.1 Å². The first-order valence-corrected chi connectivity index (χ1v) is 9.38. The van der Waals surface area contributed by atoms with E-state index in [0.29, 0.717) is 5.92 Å². The van der Waals surface area contributed by atoms with Crippen molar-refractivity contribution in [2.45, 2.75) is 38.1 Å². The van der Waals surface area contributed by atoms with Crippen LogP contribution >= 0.6 is 11.3 Å². The predicted octanol–water partition coefficient (Wildman–Crippen LogP) is 4.41. The molecular formula is C18H21N5S. The lowest BCUT2D eigenvalue weighted by atomic mass is 9.83. The van der Waals surface area contributed by atoms with E-state index < -0.39 is 0 Å². The standard InChI is InChI=1S/C18H21N5S/c19-16(12-6-2-1-3-7-12)15-11-24-18(21-15)22-17-14-9-5-4-8-13(14)10-20-23-17/h4-5,8-12,16H,1-3,6-7,19H2,(H,21,22,23). The van der Waals surface area contributed by atoms with Gasteiger partial charge in [0.15, 0.2) is 10.9 Å². The number of benzene rings is 1. The van der Waals surface area contributed by atoms with Gasteiger partial charge in [-0.3, -0.25) is 0 Å². The van der Waals surface area contributed by atoms with Gasteiger partial charge in [0, 0.05) is 16.2 Å². The van der Waals surface area contributed by atoms with Gasteiger partial charge in [-0.15, -0.1) is 16.4 Å². The van der Waals surface area contributed by atoms with Crippen LogP contribution in [0.1, 0.15) is 43.8 Å². The number of hydrogen-bond acceptors (Lipinski definition) is 6. The van der Waals surface area contributed by atoms with Crippen molar-refractivity contribution in [1.29, 1.82) is 0 Å². The summed E-state index contributed by atoms with van der Waals surface area (Å²) < 4.78 is 0. The van der Waals surface area contributed by atoms with Crippen LogP contribution in [0.25, 0.3) is 10.8 Å². The Kier molecular flexibility index (Phi) is 4.40. The summed E-state index contributed by atoms with van der Waals surface area (Å²) in [5, 5.41) is 16.6. The molecule has 1 aliphatic rings. The van der Waals surface area contributed by atoms with Gasteiger partial charge in [0.2, 0.25) is 0 Å². The van der Waals surface area contributed by atoms with Crippen molar-refractivity contribution in [3.8, 4) is 0 Å². The molecule has 6 heteroatoms. The molecule has 5 nitrogen and oxygen atoms in total. The van der Waals surface area contributed by atoms with E-state index in [9.17, 15) is 0 Å². The van der Waals surface area contributed by atoms with E-state index >= 15 is 0 Å². The first-order valence-electron chi connectivity index (χ1n) is 8.50. The zero-order chi connectivity index (χ0) is 16.4. The van der Waals surface area contributed by atoms with Gasteiger partial charge in [-0.1, -0.05) is 43.5 Å². The second-order valence-electron chi connectivity index (χ2n) is 6.41. The molecule has 3 N–H and O–H groups in total. The van der Waals surface area contributed by atoms with Crippen LogP contribution in [0, 0.1) is 5.92 Å². The molecule has 3 aromatic rings. The minimum atomic E-state index is 0.0377. The quantitative estimate of drug-likeness (QED) is 0.736. The van der Waals surface area contributed by atoms with Gasteiger partial charge in [0.05, 0.1) is 17.9 Å². The van der Waals surface area contributed by atoms with Crippen molar-refractivity contribution >= 4 is 33.1 Å². The molecule has 0 amide bonds. The fourth-order valence-electron chi connectivity index (χ4n) is 3.45. The highest BCUT2D eigenvalue weighted by Gasteiger charge is 2.23. The summed E-state index contributed by atoms with van der Waals surface area (Å²) in [5.41, 5.74) is 7.44. The monoisotopic (exact) mass is 339 g/mol. The Bertz CT molecular complexity index is 820. The third-order valence-electron chi connectivity index (χ3n) is 4.82. The normalized spacial score (nSPS) is 17.0. The molecule has 1 unspecified atom stereocenters. The molecule has 2 aromatic heterocycles. The van der Waals surface area contributed by atoms with Gasteiger partial charge >= 0.3 is 0 Å². The Balaban J connectivity index is 1.54. The summed E-state index contributed by atoms with van der Waals surface area (Å²) in [6, 6.07) is 8.10. The van der Waals surface area contributed by atoms with Gasteiger partial charge < -0.3 is 11.1 Å². The Morgan fingerprint density at radius 3 is 2.88 bits per heavy atom. The smallest absolute Gasteiger partial charge is 0.188 e. The van der Waals surface area contributed by atoms with E-state index in [1.165, 1.54) is 32.1 Å². The van der Waals surface area contributed by atoms with Crippen LogP contribution in [-0.2, 0) is 0 Å². The number of nitrogens with one attached hydrogen (secondary N) is 1. The lowest BCUT2D eigenvalue weighted by Gasteiger charge is -2.26. The second kappa shape index (κ2) is 6.83. The van der Waals surface area contributed by atoms with E-state index in [4.69, 9.17) is 10.7 Å². The number of anilines is 2. The largest absolute Gasteiger partial charge is 0.322 e. The molecule has 2 heterocycles. The van der Waals surface area contributed by atoms with E-state index in [0.717, 1.165) is 27.4 Å². The molecule has 124 valence electrons. The van der Waals surface area contributed by atoms with Crippen molar-refractivity contribution in [2.75, 3.05) is 5.32 Å². The predicted molar refractivity (Wildman–Crippen MR) is 98.4 cm³/mol. The summed E-state index contributed by atoms with van der Waals surface area (Å²) >= 11 is 1.58. The van der Waals surface area contributed by atoms with Crippen LogP contribution in [0.15, 0.2) is 35.8 Å². The van der Waals surface area contributed by atoms with Crippen LogP contribution in [0.3, 0.4) is 0 Å². The molecule has 0 aliphatic heterocycles. The lowest BCUT2D eigenvalue weighted by Crippen LogP contribution is -2.23. The highest BCUT2D eigenvalue weighted by atomic mass is 32.1. The average molecular weight is 339 g/mol. The summed E-state index contributed by atoms with van der Waals surface area (Å²) in [6.45, 7) is 0. The zero-order valence-electron chi connectivity index (χ0n) is 13.5. The number of aromatic nitrogens is 3. The van der Waals surface area contributed by atoms with Gasteiger partial charge in [-0.2, -0.15) is 5.10 Å². The molecule has 1 aliphatic carbocycles. The molecule has 0 radical (unpaired) electrons. The molecule has 1 aromatic carbocycles. The number of thiazole rings is 1. The number of nitrogens with two attached hydrogens (primary N) is 1. The Morgan fingerprint density at radius 1 is 1.17 bits per heavy atom. The maximum atomic E-state index is 6.46. The maximum Gasteiger partial charge on any atom is 0.188 e. The SMILES string of the molecule is NC(c1csc(Nc2nncc3ccccc23)n1)C1CCCCC1. The van der Waals surface area contributed by atoms with Crippen molar-refractivity contribution in [2.24, 2.45) is 11.7 Å². The highest BCUT2D eigenvalue weighted by molar-refractivity contribution is 7.13. The summed E-state index contributed by atoms with van der Waals surface area (Å²) in [7, 11) is 0. The molecule has 1 saturated carbocycles. The Morgan fingerprint density at radius 2 is 2.00 bits per heavy atom. The van der Waals surface area contributed by atoms with Crippen molar-refractivity contribution in [1.82, 2.24) is 15.2 Å². The van der Waals surface area contributed by atoms with Crippen LogP contribution in [-0.4, -0.2) is 15.2 Å². The van der Waals surface area contributed by atoms with Crippen molar-refractivity contribution < 1.29 is 0 Å². The molecule has 1 fully saturated rings. The summed E-state index contributed by atoms with van der Waals surface area (Å²) in [6.07, 6.45) is 8.13. The minimum Gasteiger partial charge on any atom is -0.322 e. The van der Waals surface area contributed by atoms with E-state index in [-0.39, 0.29) is 6.04 Å². The molecule has 1 atom stereocenters. The summed E-state index contributed by atoms with van der Waals surface area (Å²) in [4.78, 5) is 4.70. The highest BCUT2D eigenvalue weighted by Crippen LogP contribution is 2.34.